The van der Waals surface area contributed by atoms with Crippen molar-refractivity contribution < 1.29 is 18.3 Å². The molecule has 0 spiro atoms. The fourth-order valence-corrected chi connectivity index (χ4v) is 5.07. The number of nitrogens with zero attached hydrogens (tertiary/aromatic N) is 3. The highest BCUT2D eigenvalue weighted by Gasteiger charge is 2.22. The molecular formula is C20H22ClF2N3O2S2. The molecule has 1 aromatic carbocycles. The van der Waals surface area contributed by atoms with Gasteiger partial charge in [0, 0.05) is 37.1 Å². The predicted octanol–water partition coefficient (Wildman–Crippen LogP) is 4.36. The zero-order valence-electron chi connectivity index (χ0n) is 16.2. The van der Waals surface area contributed by atoms with E-state index in [1.165, 1.54) is 17.4 Å². The second kappa shape index (κ2) is 10.6. The van der Waals surface area contributed by atoms with Crippen molar-refractivity contribution in [3.63, 3.8) is 0 Å². The molecule has 30 heavy (non-hydrogen) atoms. The Hall–Kier alpha value is -1.65. The van der Waals surface area contributed by atoms with Crippen LogP contribution in [0.4, 0.5) is 13.9 Å². The van der Waals surface area contributed by atoms with Crippen molar-refractivity contribution in [2.75, 3.05) is 44.3 Å². The number of benzene rings is 1. The van der Waals surface area contributed by atoms with Crippen LogP contribution >= 0.6 is 35.1 Å². The number of aromatic nitrogens is 1. The highest BCUT2D eigenvalue weighted by atomic mass is 35.5. The molecule has 10 heteroatoms. The van der Waals surface area contributed by atoms with E-state index in [-0.39, 0.29) is 30.3 Å². The number of halogens is 3. The number of ether oxygens (including phenoxy) is 1. The minimum absolute atomic E-state index is 0. The summed E-state index contributed by atoms with van der Waals surface area (Å²) in [5.41, 5.74) is 0.105. The lowest BCUT2D eigenvalue weighted by atomic mass is 10.3. The lowest BCUT2D eigenvalue weighted by Crippen LogP contribution is -2.39. The Balaban J connectivity index is 0.00000256. The van der Waals surface area contributed by atoms with Crippen LogP contribution in [-0.2, 0) is 16.0 Å². The summed E-state index contributed by atoms with van der Waals surface area (Å²) < 4.78 is 33.5. The third-order valence-corrected chi connectivity index (χ3v) is 6.70. The molecule has 3 aromatic rings. The predicted molar refractivity (Wildman–Crippen MR) is 119 cm³/mol. The molecular weight excluding hydrogens is 452 g/mol. The molecule has 4 rings (SSSR count). The Morgan fingerprint density at radius 2 is 2.07 bits per heavy atom. The molecule has 1 amide bonds. The molecule has 1 saturated heterocycles. The van der Waals surface area contributed by atoms with Gasteiger partial charge in [-0.05, 0) is 23.9 Å². The summed E-state index contributed by atoms with van der Waals surface area (Å²) in [5, 5.41) is 2.34. The van der Waals surface area contributed by atoms with Crippen LogP contribution in [-0.4, -0.2) is 55.2 Å². The minimum Gasteiger partial charge on any atom is -0.379 e. The van der Waals surface area contributed by atoms with E-state index in [0.717, 1.165) is 61.5 Å². The van der Waals surface area contributed by atoms with Crippen molar-refractivity contribution in [2.24, 2.45) is 0 Å². The number of amides is 1. The Kier molecular flexibility index (Phi) is 8.13. The summed E-state index contributed by atoms with van der Waals surface area (Å²) in [6, 6.07) is 5.91. The van der Waals surface area contributed by atoms with E-state index >= 15 is 0 Å². The van der Waals surface area contributed by atoms with Gasteiger partial charge in [0.05, 0.1) is 24.3 Å². The van der Waals surface area contributed by atoms with Gasteiger partial charge >= 0.3 is 0 Å². The molecule has 1 fully saturated rings. The maximum Gasteiger partial charge on any atom is 0.234 e. The van der Waals surface area contributed by atoms with Crippen molar-refractivity contribution in [1.29, 1.82) is 0 Å². The lowest BCUT2D eigenvalue weighted by Gasteiger charge is -2.27. The van der Waals surface area contributed by atoms with Gasteiger partial charge in [0.2, 0.25) is 5.91 Å². The first-order valence-corrected chi connectivity index (χ1v) is 11.2. The maximum absolute atomic E-state index is 14.1. The molecule has 0 atom stereocenters. The second-order valence-electron chi connectivity index (χ2n) is 6.84. The van der Waals surface area contributed by atoms with E-state index in [4.69, 9.17) is 4.74 Å². The monoisotopic (exact) mass is 473 g/mol. The second-order valence-corrected chi connectivity index (χ2v) is 8.88. The number of thiophene rings is 1. The molecule has 0 bridgehead atoms. The third-order valence-electron chi connectivity index (χ3n) is 4.80. The number of hydrogen-bond donors (Lipinski definition) is 0. The zero-order chi connectivity index (χ0) is 20.2. The van der Waals surface area contributed by atoms with E-state index in [1.54, 1.807) is 4.90 Å². The summed E-state index contributed by atoms with van der Waals surface area (Å²) in [6.07, 6.45) is 1.03. The number of carbonyl (C=O) groups excluding carboxylic acids is 1. The number of carbonyl (C=O) groups is 1. The van der Waals surface area contributed by atoms with Gasteiger partial charge in [-0.15, -0.1) is 23.7 Å². The number of fused-ring (bicyclic) bond motifs is 1. The average Bonchev–Trinajstić information content (AvgIpc) is 3.36. The summed E-state index contributed by atoms with van der Waals surface area (Å²) in [6.45, 7) is 4.54. The van der Waals surface area contributed by atoms with Crippen LogP contribution < -0.4 is 4.90 Å². The topological polar surface area (TPSA) is 45.7 Å². The quantitative estimate of drug-likeness (QED) is 0.511. The van der Waals surface area contributed by atoms with Crippen molar-refractivity contribution >= 4 is 56.3 Å². The molecule has 0 saturated carbocycles. The lowest BCUT2D eigenvalue weighted by molar-refractivity contribution is -0.118. The Bertz CT molecular complexity index is 978. The highest BCUT2D eigenvalue weighted by Crippen LogP contribution is 2.31. The third kappa shape index (κ3) is 5.53. The fraction of sp³-hybridized carbons (Fsp3) is 0.400. The molecule has 3 heterocycles. The number of morpholine rings is 1. The summed E-state index contributed by atoms with van der Waals surface area (Å²) in [7, 11) is 0. The zero-order valence-corrected chi connectivity index (χ0v) is 18.6. The van der Waals surface area contributed by atoms with E-state index in [1.807, 2.05) is 17.5 Å². The summed E-state index contributed by atoms with van der Waals surface area (Å²) in [4.78, 5) is 22.2. The first kappa shape index (κ1) is 23.0. The first-order chi connectivity index (χ1) is 14.1. The SMILES string of the molecule is Cl.O=C(Cc1cccs1)N(CCCN1CCOCC1)c1nc2c(F)cc(F)cc2s1. The number of hydrogen-bond acceptors (Lipinski definition) is 6. The molecule has 1 aliphatic rings. The van der Waals surface area contributed by atoms with Gasteiger partial charge in [-0.2, -0.15) is 0 Å². The number of thiazole rings is 1. The van der Waals surface area contributed by atoms with Crippen molar-refractivity contribution in [1.82, 2.24) is 9.88 Å². The van der Waals surface area contributed by atoms with Crippen LogP contribution in [0, 0.1) is 11.6 Å². The van der Waals surface area contributed by atoms with Gasteiger partial charge in [-0.25, -0.2) is 13.8 Å². The normalized spacial score (nSPS) is 14.6. The van der Waals surface area contributed by atoms with Gasteiger partial charge in [-0.3, -0.25) is 14.6 Å². The molecule has 1 aliphatic heterocycles. The maximum atomic E-state index is 14.1. The summed E-state index contributed by atoms with van der Waals surface area (Å²) >= 11 is 2.67. The van der Waals surface area contributed by atoms with Crippen LogP contribution in [0.3, 0.4) is 0 Å². The first-order valence-electron chi connectivity index (χ1n) is 9.48. The average molecular weight is 474 g/mol. The van der Waals surface area contributed by atoms with E-state index in [9.17, 15) is 13.6 Å². The van der Waals surface area contributed by atoms with Gasteiger partial charge in [0.1, 0.15) is 11.3 Å². The van der Waals surface area contributed by atoms with Crippen molar-refractivity contribution in [2.45, 2.75) is 12.8 Å². The summed E-state index contributed by atoms with van der Waals surface area (Å²) in [5.74, 6) is -1.44. The molecule has 0 radical (unpaired) electrons. The highest BCUT2D eigenvalue weighted by molar-refractivity contribution is 7.22. The van der Waals surface area contributed by atoms with Crippen LogP contribution in [0.15, 0.2) is 29.6 Å². The molecule has 0 aliphatic carbocycles. The largest absolute Gasteiger partial charge is 0.379 e. The van der Waals surface area contributed by atoms with Gasteiger partial charge in [-0.1, -0.05) is 17.4 Å². The smallest absolute Gasteiger partial charge is 0.234 e. The molecule has 162 valence electrons. The van der Waals surface area contributed by atoms with Gasteiger partial charge in [0.25, 0.3) is 0 Å². The van der Waals surface area contributed by atoms with Crippen LogP contribution in [0.25, 0.3) is 10.2 Å². The van der Waals surface area contributed by atoms with E-state index < -0.39 is 11.6 Å². The Morgan fingerprint density at radius 1 is 1.27 bits per heavy atom. The Morgan fingerprint density at radius 3 is 2.80 bits per heavy atom. The molecule has 0 unspecified atom stereocenters. The number of rotatable bonds is 7. The van der Waals surface area contributed by atoms with Crippen LogP contribution in [0.5, 0.6) is 0 Å². The standard InChI is InChI=1S/C20H21F2N3O2S2.ClH/c21-14-11-16(22)19-17(12-14)29-20(23-19)25(18(26)13-15-3-1-10-28-15)5-2-4-24-6-8-27-9-7-24;/h1,3,10-12H,2,4-9,13H2;1H. The van der Waals surface area contributed by atoms with Crippen LogP contribution in [0.2, 0.25) is 0 Å². The van der Waals surface area contributed by atoms with E-state index in [2.05, 4.69) is 9.88 Å². The van der Waals surface area contributed by atoms with Crippen molar-refractivity contribution in [3.05, 3.63) is 46.2 Å². The molecule has 5 nitrogen and oxygen atoms in total. The molecule has 0 N–H and O–H groups in total. The van der Waals surface area contributed by atoms with Gasteiger partial charge in [0.15, 0.2) is 10.9 Å². The minimum atomic E-state index is -0.707. The van der Waals surface area contributed by atoms with Crippen molar-refractivity contribution in [3.8, 4) is 0 Å². The van der Waals surface area contributed by atoms with E-state index in [0.29, 0.717) is 16.4 Å². The Labute approximate surface area is 187 Å². The van der Waals surface area contributed by atoms with Crippen LogP contribution in [0.1, 0.15) is 11.3 Å². The number of anilines is 1. The fourth-order valence-electron chi connectivity index (χ4n) is 3.32. The molecule has 2 aromatic heterocycles. The van der Waals surface area contributed by atoms with Gasteiger partial charge < -0.3 is 4.74 Å².